The molecule has 0 aliphatic rings. The van der Waals surface area contributed by atoms with Gasteiger partial charge in [0.15, 0.2) is 5.82 Å². The standard InChI is InChI=1S/C18H14Cl2N4O3/c1-11-8-17(22-23(11)10-13-4-2-3-5-14(13)19)21-18(25)12-6-7-15(20)16(9-12)24(26)27/h2-9H,10H2,1H3,(H,21,22,25). The number of nitro groups is 1. The number of amides is 1. The van der Waals surface area contributed by atoms with Gasteiger partial charge in [-0.2, -0.15) is 5.10 Å². The molecule has 1 aromatic heterocycles. The number of hydrogen-bond donors (Lipinski definition) is 1. The second-order valence-electron chi connectivity index (χ2n) is 5.80. The van der Waals surface area contributed by atoms with Crippen LogP contribution in [0.3, 0.4) is 0 Å². The van der Waals surface area contributed by atoms with Gasteiger partial charge in [0.2, 0.25) is 0 Å². The molecule has 0 spiro atoms. The number of aryl methyl sites for hydroxylation is 1. The van der Waals surface area contributed by atoms with E-state index in [4.69, 9.17) is 23.2 Å². The van der Waals surface area contributed by atoms with Gasteiger partial charge in [-0.25, -0.2) is 0 Å². The first-order valence-corrected chi connectivity index (χ1v) is 8.64. The average molecular weight is 405 g/mol. The van der Waals surface area contributed by atoms with Crippen molar-refractivity contribution in [2.24, 2.45) is 0 Å². The third-order valence-electron chi connectivity index (χ3n) is 3.91. The number of aromatic nitrogens is 2. The lowest BCUT2D eigenvalue weighted by Crippen LogP contribution is -2.13. The summed E-state index contributed by atoms with van der Waals surface area (Å²) in [6.07, 6.45) is 0. The Bertz CT molecular complexity index is 1030. The largest absolute Gasteiger partial charge is 0.305 e. The van der Waals surface area contributed by atoms with E-state index < -0.39 is 10.8 Å². The average Bonchev–Trinajstić information content (AvgIpc) is 2.96. The summed E-state index contributed by atoms with van der Waals surface area (Å²) in [6, 6.07) is 13.0. The van der Waals surface area contributed by atoms with Crippen LogP contribution >= 0.6 is 23.2 Å². The Kier molecular flexibility index (Phi) is 5.43. The topological polar surface area (TPSA) is 90.1 Å². The van der Waals surface area contributed by atoms with Crippen molar-refractivity contribution in [2.45, 2.75) is 13.5 Å². The molecular formula is C18H14Cl2N4O3. The van der Waals surface area contributed by atoms with Crippen molar-refractivity contribution < 1.29 is 9.72 Å². The molecule has 0 radical (unpaired) electrons. The second kappa shape index (κ2) is 7.77. The fraction of sp³-hybridized carbons (Fsp3) is 0.111. The summed E-state index contributed by atoms with van der Waals surface area (Å²) in [4.78, 5) is 22.7. The Hall–Kier alpha value is -2.90. The molecule has 27 heavy (non-hydrogen) atoms. The smallest absolute Gasteiger partial charge is 0.288 e. The van der Waals surface area contributed by atoms with Gasteiger partial charge in [0, 0.05) is 28.4 Å². The SMILES string of the molecule is Cc1cc(NC(=O)c2ccc(Cl)c([N+](=O)[O-])c2)nn1Cc1ccccc1Cl. The zero-order valence-corrected chi connectivity index (χ0v) is 15.7. The number of rotatable bonds is 5. The van der Waals surface area contributed by atoms with E-state index in [2.05, 4.69) is 10.4 Å². The highest BCUT2D eigenvalue weighted by atomic mass is 35.5. The van der Waals surface area contributed by atoms with Crippen LogP contribution in [0.1, 0.15) is 21.6 Å². The molecule has 0 saturated heterocycles. The van der Waals surface area contributed by atoms with Crippen LogP contribution in [0.15, 0.2) is 48.5 Å². The quantitative estimate of drug-likeness (QED) is 0.492. The van der Waals surface area contributed by atoms with Gasteiger partial charge in [-0.05, 0) is 30.7 Å². The molecule has 0 fully saturated rings. The van der Waals surface area contributed by atoms with Gasteiger partial charge in [-0.3, -0.25) is 19.6 Å². The fourth-order valence-electron chi connectivity index (χ4n) is 2.50. The van der Waals surface area contributed by atoms with E-state index in [0.29, 0.717) is 17.4 Å². The summed E-state index contributed by atoms with van der Waals surface area (Å²) in [7, 11) is 0. The molecule has 1 N–H and O–H groups in total. The Morgan fingerprint density at radius 2 is 1.93 bits per heavy atom. The molecule has 0 unspecified atom stereocenters. The minimum absolute atomic E-state index is 0.0311. The van der Waals surface area contributed by atoms with Gasteiger partial charge in [0.1, 0.15) is 5.02 Å². The zero-order chi connectivity index (χ0) is 19.6. The van der Waals surface area contributed by atoms with Crippen LogP contribution in [0, 0.1) is 17.0 Å². The van der Waals surface area contributed by atoms with Crippen molar-refractivity contribution in [1.29, 1.82) is 0 Å². The number of carbonyl (C=O) groups is 1. The Morgan fingerprint density at radius 1 is 1.19 bits per heavy atom. The molecule has 0 aliphatic heterocycles. The lowest BCUT2D eigenvalue weighted by Gasteiger charge is -2.06. The number of halogens is 2. The van der Waals surface area contributed by atoms with Crippen LogP contribution in [0.5, 0.6) is 0 Å². The number of carbonyl (C=O) groups excluding carboxylic acids is 1. The van der Waals surface area contributed by atoms with Crippen LogP contribution in [-0.4, -0.2) is 20.6 Å². The van der Waals surface area contributed by atoms with E-state index in [1.165, 1.54) is 12.1 Å². The summed E-state index contributed by atoms with van der Waals surface area (Å²) in [5, 5.41) is 18.6. The molecule has 1 amide bonds. The zero-order valence-electron chi connectivity index (χ0n) is 14.1. The highest BCUT2D eigenvalue weighted by Gasteiger charge is 2.17. The molecule has 9 heteroatoms. The van der Waals surface area contributed by atoms with Gasteiger partial charge < -0.3 is 5.32 Å². The number of nitrogens with zero attached hydrogens (tertiary/aromatic N) is 3. The molecule has 0 bridgehead atoms. The molecule has 1 heterocycles. The predicted octanol–water partition coefficient (Wildman–Crippen LogP) is 4.71. The normalized spacial score (nSPS) is 10.6. The van der Waals surface area contributed by atoms with E-state index in [-0.39, 0.29) is 16.3 Å². The highest BCUT2D eigenvalue weighted by molar-refractivity contribution is 6.32. The molecule has 0 atom stereocenters. The third-order valence-corrected chi connectivity index (χ3v) is 4.59. The Labute approximate surface area is 164 Å². The second-order valence-corrected chi connectivity index (χ2v) is 6.61. The number of benzene rings is 2. The molecule has 3 rings (SSSR count). The maximum absolute atomic E-state index is 12.4. The lowest BCUT2D eigenvalue weighted by atomic mass is 10.2. The van der Waals surface area contributed by atoms with Gasteiger partial charge >= 0.3 is 0 Å². The van der Waals surface area contributed by atoms with Crippen molar-refractivity contribution in [3.05, 3.63) is 85.5 Å². The van der Waals surface area contributed by atoms with Crippen molar-refractivity contribution in [3.63, 3.8) is 0 Å². The molecule has 0 saturated carbocycles. The van der Waals surface area contributed by atoms with Crippen LogP contribution in [-0.2, 0) is 6.54 Å². The Morgan fingerprint density at radius 3 is 2.63 bits per heavy atom. The van der Waals surface area contributed by atoms with Crippen molar-refractivity contribution in [2.75, 3.05) is 5.32 Å². The molecule has 3 aromatic rings. The first-order chi connectivity index (χ1) is 12.8. The number of nitrogens with one attached hydrogen (secondary N) is 1. The van der Waals surface area contributed by atoms with Crippen LogP contribution in [0.2, 0.25) is 10.0 Å². The van der Waals surface area contributed by atoms with Crippen molar-refractivity contribution >= 4 is 40.6 Å². The molecule has 138 valence electrons. The lowest BCUT2D eigenvalue weighted by molar-refractivity contribution is -0.384. The van der Waals surface area contributed by atoms with Crippen molar-refractivity contribution in [3.8, 4) is 0 Å². The van der Waals surface area contributed by atoms with Gasteiger partial charge in [-0.15, -0.1) is 0 Å². The maximum atomic E-state index is 12.4. The minimum atomic E-state index is -0.637. The Balaban J connectivity index is 1.79. The van der Waals surface area contributed by atoms with E-state index in [1.807, 2.05) is 25.1 Å². The molecule has 0 aliphatic carbocycles. The van der Waals surface area contributed by atoms with Gasteiger partial charge in [0.05, 0.1) is 11.5 Å². The van der Waals surface area contributed by atoms with E-state index in [0.717, 1.165) is 17.3 Å². The van der Waals surface area contributed by atoms with Crippen molar-refractivity contribution in [1.82, 2.24) is 9.78 Å². The summed E-state index contributed by atoms with van der Waals surface area (Å²) in [5.74, 6) is -0.181. The third kappa shape index (κ3) is 4.27. The van der Waals surface area contributed by atoms with E-state index >= 15 is 0 Å². The van der Waals surface area contributed by atoms with Crippen LogP contribution in [0.25, 0.3) is 0 Å². The predicted molar refractivity (Wildman–Crippen MR) is 104 cm³/mol. The molecular weight excluding hydrogens is 391 g/mol. The first kappa shape index (κ1) is 18.9. The maximum Gasteiger partial charge on any atom is 0.288 e. The summed E-state index contributed by atoms with van der Waals surface area (Å²) in [5.41, 5.74) is 1.51. The summed E-state index contributed by atoms with van der Waals surface area (Å²) < 4.78 is 1.71. The summed E-state index contributed by atoms with van der Waals surface area (Å²) in [6.45, 7) is 2.31. The number of hydrogen-bond acceptors (Lipinski definition) is 4. The number of anilines is 1. The van der Waals surface area contributed by atoms with Gasteiger partial charge in [-0.1, -0.05) is 41.4 Å². The summed E-state index contributed by atoms with van der Waals surface area (Å²) >= 11 is 11.9. The monoisotopic (exact) mass is 404 g/mol. The van der Waals surface area contributed by atoms with Gasteiger partial charge in [0.25, 0.3) is 11.6 Å². The molecule has 7 nitrogen and oxygen atoms in total. The fourth-order valence-corrected chi connectivity index (χ4v) is 2.88. The van der Waals surface area contributed by atoms with Crippen LogP contribution < -0.4 is 5.32 Å². The highest BCUT2D eigenvalue weighted by Crippen LogP contribution is 2.25. The van der Waals surface area contributed by atoms with E-state index in [1.54, 1.807) is 16.8 Å². The van der Waals surface area contributed by atoms with Crippen LogP contribution in [0.4, 0.5) is 11.5 Å². The minimum Gasteiger partial charge on any atom is -0.305 e. The number of nitro benzene ring substituents is 1. The first-order valence-electron chi connectivity index (χ1n) is 7.88. The molecule has 2 aromatic carbocycles. The van der Waals surface area contributed by atoms with E-state index in [9.17, 15) is 14.9 Å².